The second-order valence-corrected chi connectivity index (χ2v) is 6.43. The molecule has 0 fully saturated rings. The van der Waals surface area contributed by atoms with Gasteiger partial charge in [-0.05, 0) is 36.1 Å². The number of ether oxygens (including phenoxy) is 1. The van der Waals surface area contributed by atoms with Crippen molar-refractivity contribution in [3.05, 3.63) is 50.6 Å². The van der Waals surface area contributed by atoms with Crippen molar-refractivity contribution < 1.29 is 14.3 Å². The number of hydrogen-bond acceptors (Lipinski definition) is 5. The number of carbonyl (C=O) groups excluding carboxylic acids is 2. The number of rotatable bonds is 6. The van der Waals surface area contributed by atoms with Gasteiger partial charge in [-0.15, -0.1) is 11.3 Å². The molecular weight excluding hydrogens is 368 g/mol. The molecule has 1 amide bonds. The second-order valence-electron chi connectivity index (χ2n) is 4.49. The average molecular weight is 383 g/mol. The second kappa shape index (κ2) is 7.95. The number of benzene rings is 1. The van der Waals surface area contributed by atoms with Crippen LogP contribution < -0.4 is 11.1 Å². The molecule has 7 heteroatoms. The summed E-state index contributed by atoms with van der Waals surface area (Å²) in [6, 6.07) is 8.86. The molecule has 1 aromatic carbocycles. The Hall–Kier alpha value is -1.86. The molecule has 0 aliphatic heterocycles. The maximum absolute atomic E-state index is 11.9. The van der Waals surface area contributed by atoms with Gasteiger partial charge in [-0.25, -0.2) is 4.79 Å². The third-order valence-corrected chi connectivity index (χ3v) is 4.27. The number of thiophene rings is 1. The summed E-state index contributed by atoms with van der Waals surface area (Å²) in [6.07, 6.45) is 0.760. The number of halogens is 1. The summed E-state index contributed by atoms with van der Waals surface area (Å²) in [5.41, 5.74) is 6.26. The molecule has 1 aromatic heterocycles. The normalized spacial score (nSPS) is 10.2. The van der Waals surface area contributed by atoms with E-state index in [-0.39, 0.29) is 18.1 Å². The van der Waals surface area contributed by atoms with Crippen molar-refractivity contribution in [1.29, 1.82) is 0 Å². The highest BCUT2D eigenvalue weighted by atomic mass is 79.9. The van der Waals surface area contributed by atoms with E-state index < -0.39 is 5.97 Å². The Bertz CT molecular complexity index is 659. The Morgan fingerprint density at radius 3 is 2.86 bits per heavy atom. The Kier molecular flexibility index (Phi) is 5.97. The van der Waals surface area contributed by atoms with Crippen molar-refractivity contribution in [2.45, 2.75) is 6.42 Å². The number of nitrogens with one attached hydrogen (secondary N) is 1. The smallest absolute Gasteiger partial charge is 0.340 e. The average Bonchev–Trinajstić information content (AvgIpc) is 3.00. The first-order valence-corrected chi connectivity index (χ1v) is 8.25. The fourth-order valence-electron chi connectivity index (χ4n) is 1.75. The highest BCUT2D eigenvalue weighted by molar-refractivity contribution is 9.10. The van der Waals surface area contributed by atoms with Crippen LogP contribution in [0.25, 0.3) is 0 Å². The molecule has 5 nitrogen and oxygen atoms in total. The summed E-state index contributed by atoms with van der Waals surface area (Å²) in [4.78, 5) is 24.7. The number of carbonyl (C=O) groups is 2. The monoisotopic (exact) mass is 382 g/mol. The van der Waals surface area contributed by atoms with Gasteiger partial charge in [-0.3, -0.25) is 4.79 Å². The van der Waals surface area contributed by atoms with E-state index in [1.807, 2.05) is 17.5 Å². The van der Waals surface area contributed by atoms with Gasteiger partial charge >= 0.3 is 5.97 Å². The summed E-state index contributed by atoms with van der Waals surface area (Å²) in [5.74, 6) is -0.953. The molecule has 0 radical (unpaired) electrons. The minimum atomic E-state index is -0.618. The maximum atomic E-state index is 11.9. The molecule has 0 saturated heterocycles. The van der Waals surface area contributed by atoms with Crippen molar-refractivity contribution in [3.8, 4) is 0 Å². The number of nitrogens with two attached hydrogens (primary N) is 1. The van der Waals surface area contributed by atoms with Crippen LogP contribution in [-0.2, 0) is 16.0 Å². The van der Waals surface area contributed by atoms with E-state index in [2.05, 4.69) is 21.2 Å². The molecule has 0 aliphatic rings. The quantitative estimate of drug-likeness (QED) is 0.594. The van der Waals surface area contributed by atoms with Crippen LogP contribution in [0.1, 0.15) is 15.2 Å². The fraction of sp³-hybridized carbons (Fsp3) is 0.200. The minimum absolute atomic E-state index is 0.237. The summed E-state index contributed by atoms with van der Waals surface area (Å²) < 4.78 is 5.68. The van der Waals surface area contributed by atoms with E-state index in [0.29, 0.717) is 16.7 Å². The van der Waals surface area contributed by atoms with Crippen LogP contribution in [0.5, 0.6) is 0 Å². The van der Waals surface area contributed by atoms with Gasteiger partial charge in [0, 0.05) is 21.6 Å². The van der Waals surface area contributed by atoms with Crippen molar-refractivity contribution in [2.75, 3.05) is 18.9 Å². The largest absolute Gasteiger partial charge is 0.452 e. The zero-order valence-electron chi connectivity index (χ0n) is 11.7. The molecule has 0 atom stereocenters. The van der Waals surface area contributed by atoms with Gasteiger partial charge < -0.3 is 15.8 Å². The topological polar surface area (TPSA) is 81.4 Å². The predicted octanol–water partition coefficient (Wildman–Crippen LogP) is 2.61. The summed E-state index contributed by atoms with van der Waals surface area (Å²) in [7, 11) is 0. The molecule has 116 valence electrons. The van der Waals surface area contributed by atoms with Crippen LogP contribution >= 0.6 is 27.3 Å². The summed E-state index contributed by atoms with van der Waals surface area (Å²) in [5, 5.41) is 4.69. The van der Waals surface area contributed by atoms with Crippen molar-refractivity contribution in [1.82, 2.24) is 5.32 Å². The minimum Gasteiger partial charge on any atom is -0.452 e. The van der Waals surface area contributed by atoms with Gasteiger partial charge in [-0.1, -0.05) is 22.0 Å². The Morgan fingerprint density at radius 2 is 2.14 bits per heavy atom. The number of hydrogen-bond donors (Lipinski definition) is 2. The van der Waals surface area contributed by atoms with E-state index >= 15 is 0 Å². The van der Waals surface area contributed by atoms with E-state index in [0.717, 1.165) is 6.42 Å². The molecule has 2 rings (SSSR count). The van der Waals surface area contributed by atoms with E-state index in [9.17, 15) is 9.59 Å². The highest BCUT2D eigenvalue weighted by Gasteiger charge is 2.13. The lowest BCUT2D eigenvalue weighted by molar-refractivity contribution is -0.124. The zero-order chi connectivity index (χ0) is 15.9. The first-order chi connectivity index (χ1) is 10.6. The molecule has 0 saturated carbocycles. The van der Waals surface area contributed by atoms with Gasteiger partial charge in [0.1, 0.15) is 0 Å². The lowest BCUT2D eigenvalue weighted by Gasteiger charge is -2.08. The zero-order valence-corrected chi connectivity index (χ0v) is 14.1. The Morgan fingerprint density at radius 1 is 1.32 bits per heavy atom. The van der Waals surface area contributed by atoms with Crippen LogP contribution in [0.15, 0.2) is 40.2 Å². The molecule has 3 N–H and O–H groups in total. The van der Waals surface area contributed by atoms with Gasteiger partial charge in [0.05, 0.1) is 5.56 Å². The van der Waals surface area contributed by atoms with Gasteiger partial charge in [-0.2, -0.15) is 0 Å². The fourth-order valence-corrected chi connectivity index (χ4v) is 2.82. The van der Waals surface area contributed by atoms with Crippen LogP contribution in [-0.4, -0.2) is 25.0 Å². The predicted molar refractivity (Wildman–Crippen MR) is 89.9 cm³/mol. The Labute approximate surface area is 140 Å². The Balaban J connectivity index is 1.75. The molecule has 1 heterocycles. The third kappa shape index (κ3) is 4.85. The van der Waals surface area contributed by atoms with Crippen LogP contribution in [0.4, 0.5) is 5.69 Å². The molecule has 0 aliphatic carbocycles. The summed E-state index contributed by atoms with van der Waals surface area (Å²) in [6.45, 7) is 0.186. The maximum Gasteiger partial charge on any atom is 0.340 e. The lowest BCUT2D eigenvalue weighted by atomic mass is 10.2. The molecule has 0 bridgehead atoms. The van der Waals surface area contributed by atoms with E-state index in [1.165, 1.54) is 4.88 Å². The van der Waals surface area contributed by atoms with Crippen molar-refractivity contribution in [2.24, 2.45) is 0 Å². The van der Waals surface area contributed by atoms with Crippen LogP contribution in [0, 0.1) is 0 Å². The van der Waals surface area contributed by atoms with Crippen LogP contribution in [0.2, 0.25) is 0 Å². The molecule has 0 unspecified atom stereocenters. The third-order valence-electron chi connectivity index (χ3n) is 2.84. The molecule has 2 aromatic rings. The van der Waals surface area contributed by atoms with Gasteiger partial charge in [0.15, 0.2) is 6.61 Å². The van der Waals surface area contributed by atoms with Crippen molar-refractivity contribution >= 4 is 44.8 Å². The molecular formula is C15H15BrN2O3S. The highest BCUT2D eigenvalue weighted by Crippen LogP contribution is 2.19. The summed E-state index contributed by atoms with van der Waals surface area (Å²) >= 11 is 4.89. The standard InChI is InChI=1S/C15H15BrN2O3S/c16-10-3-4-13(17)12(8-10)15(20)21-9-14(19)18-6-5-11-2-1-7-22-11/h1-4,7-8H,5-6,9,17H2,(H,18,19). The van der Waals surface area contributed by atoms with Gasteiger partial charge in [0.2, 0.25) is 0 Å². The number of anilines is 1. The molecule has 0 spiro atoms. The first-order valence-electron chi connectivity index (χ1n) is 6.57. The first kappa shape index (κ1) is 16.5. The molecule has 22 heavy (non-hydrogen) atoms. The van der Waals surface area contributed by atoms with Gasteiger partial charge in [0.25, 0.3) is 5.91 Å². The van der Waals surface area contributed by atoms with Crippen LogP contribution in [0.3, 0.4) is 0 Å². The van der Waals surface area contributed by atoms with Crippen molar-refractivity contribution in [3.63, 3.8) is 0 Å². The number of esters is 1. The SMILES string of the molecule is Nc1ccc(Br)cc1C(=O)OCC(=O)NCCc1cccs1. The van der Waals surface area contributed by atoms with E-state index in [1.54, 1.807) is 29.5 Å². The van der Waals surface area contributed by atoms with E-state index in [4.69, 9.17) is 10.5 Å². The number of nitrogen functional groups attached to an aromatic ring is 1. The number of amides is 1. The lowest BCUT2D eigenvalue weighted by Crippen LogP contribution is -2.30.